The number of hydrogen-bond acceptors (Lipinski definition) is 6. The van der Waals surface area contributed by atoms with Crippen LogP contribution in [0.4, 0.5) is 5.69 Å². The van der Waals surface area contributed by atoms with E-state index in [1.807, 2.05) is 0 Å². The first-order chi connectivity index (χ1) is 9.88. The minimum Gasteiger partial charge on any atom is -0.382 e. The zero-order chi connectivity index (χ0) is 13.8. The maximum absolute atomic E-state index is 9.05. The molecule has 1 aliphatic rings. The van der Waals surface area contributed by atoms with E-state index in [0.717, 1.165) is 17.9 Å². The van der Waals surface area contributed by atoms with Gasteiger partial charge in [0.15, 0.2) is 5.82 Å². The van der Waals surface area contributed by atoms with Crippen LogP contribution >= 0.6 is 0 Å². The van der Waals surface area contributed by atoms with Crippen molar-refractivity contribution in [3.63, 3.8) is 0 Å². The average Bonchev–Trinajstić information content (AvgIpc) is 3.15. The number of pyridine rings is 1. The summed E-state index contributed by atoms with van der Waals surface area (Å²) in [5.41, 5.74) is 1.34. The van der Waals surface area contributed by atoms with Gasteiger partial charge in [0.05, 0.1) is 17.4 Å². The number of rotatable bonds is 4. The Labute approximate surface area is 116 Å². The van der Waals surface area contributed by atoms with Gasteiger partial charge in [-0.15, -0.1) is 0 Å². The number of anilines is 1. The molecule has 2 aromatic heterocycles. The van der Waals surface area contributed by atoms with Gasteiger partial charge in [-0.3, -0.25) is 10.1 Å². The van der Waals surface area contributed by atoms with Crippen LogP contribution in [0.5, 0.6) is 0 Å². The fraction of sp³-hybridized carbons (Fsp3) is 0.385. The van der Waals surface area contributed by atoms with Crippen molar-refractivity contribution in [3.05, 3.63) is 36.2 Å². The van der Waals surface area contributed by atoms with Crippen LogP contribution in [-0.2, 0) is 4.74 Å². The Morgan fingerprint density at radius 2 is 2.50 bits per heavy atom. The van der Waals surface area contributed by atoms with Crippen molar-refractivity contribution >= 4 is 5.69 Å². The number of H-pyrrole nitrogens is 1. The third kappa shape index (κ3) is 2.46. The van der Waals surface area contributed by atoms with Gasteiger partial charge in [-0.05, 0) is 12.5 Å². The maximum atomic E-state index is 9.05. The summed E-state index contributed by atoms with van der Waals surface area (Å²) < 4.78 is 5.70. The highest BCUT2D eigenvalue weighted by atomic mass is 16.5. The van der Waals surface area contributed by atoms with Crippen molar-refractivity contribution in [3.8, 4) is 6.07 Å². The number of aromatic amines is 1. The zero-order valence-electron chi connectivity index (χ0n) is 10.8. The fourth-order valence-corrected chi connectivity index (χ4v) is 2.37. The van der Waals surface area contributed by atoms with E-state index in [0.29, 0.717) is 18.7 Å². The molecule has 1 fully saturated rings. The Balaban J connectivity index is 1.67. The second-order valence-corrected chi connectivity index (χ2v) is 4.62. The second kappa shape index (κ2) is 5.67. The van der Waals surface area contributed by atoms with Gasteiger partial charge in [0.1, 0.15) is 18.5 Å². The van der Waals surface area contributed by atoms with Gasteiger partial charge in [-0.2, -0.15) is 10.4 Å². The first kappa shape index (κ1) is 12.6. The van der Waals surface area contributed by atoms with Crippen LogP contribution in [0.3, 0.4) is 0 Å². The smallest absolute Gasteiger partial charge is 0.153 e. The quantitative estimate of drug-likeness (QED) is 0.867. The lowest BCUT2D eigenvalue weighted by Gasteiger charge is -2.17. The van der Waals surface area contributed by atoms with Crippen LogP contribution in [0.1, 0.15) is 23.9 Å². The maximum Gasteiger partial charge on any atom is 0.153 e. The summed E-state index contributed by atoms with van der Waals surface area (Å²) in [5, 5.41) is 19.0. The first-order valence-corrected chi connectivity index (χ1v) is 6.43. The molecule has 0 unspecified atom stereocenters. The molecule has 102 valence electrons. The van der Waals surface area contributed by atoms with Gasteiger partial charge >= 0.3 is 0 Å². The van der Waals surface area contributed by atoms with Crippen molar-refractivity contribution in [1.29, 1.82) is 5.26 Å². The fourth-order valence-electron chi connectivity index (χ4n) is 2.37. The second-order valence-electron chi connectivity index (χ2n) is 4.62. The standard InChI is InChI=1S/C13H14N6O/c14-5-9-1-3-15-7-11(9)16-6-10-2-4-20-12(10)13-17-8-18-19-13/h1,3,7-8,10,12,16H,2,4,6H2,(H,17,18,19)/t10-,12-/m0/s1. The Bertz CT molecular complexity index is 606. The van der Waals surface area contributed by atoms with Crippen molar-refractivity contribution in [2.45, 2.75) is 12.5 Å². The van der Waals surface area contributed by atoms with Crippen LogP contribution in [0, 0.1) is 17.2 Å². The van der Waals surface area contributed by atoms with Crippen molar-refractivity contribution < 1.29 is 4.74 Å². The molecular formula is C13H14N6O. The predicted octanol–water partition coefficient (Wildman–Crippen LogP) is 1.26. The van der Waals surface area contributed by atoms with Gasteiger partial charge in [-0.25, -0.2) is 4.98 Å². The number of hydrogen-bond donors (Lipinski definition) is 2. The van der Waals surface area contributed by atoms with Gasteiger partial charge in [0.25, 0.3) is 0 Å². The van der Waals surface area contributed by atoms with E-state index in [1.54, 1.807) is 18.5 Å². The zero-order valence-corrected chi connectivity index (χ0v) is 10.8. The minimum absolute atomic E-state index is 0.0767. The molecule has 1 aliphatic heterocycles. The number of aromatic nitrogens is 4. The summed E-state index contributed by atoms with van der Waals surface area (Å²) in [6.07, 6.45) is 5.63. The molecule has 20 heavy (non-hydrogen) atoms. The molecule has 0 bridgehead atoms. The lowest BCUT2D eigenvalue weighted by molar-refractivity contribution is 0.0864. The highest BCUT2D eigenvalue weighted by molar-refractivity contribution is 5.55. The Morgan fingerprint density at radius 3 is 3.30 bits per heavy atom. The summed E-state index contributed by atoms with van der Waals surface area (Å²) in [7, 11) is 0. The van der Waals surface area contributed by atoms with Crippen LogP contribution in [0.15, 0.2) is 24.8 Å². The molecule has 1 saturated heterocycles. The molecule has 3 rings (SSSR count). The predicted molar refractivity (Wildman–Crippen MR) is 70.6 cm³/mol. The van der Waals surface area contributed by atoms with Gasteiger partial charge in [-0.1, -0.05) is 0 Å². The molecule has 0 aromatic carbocycles. The van der Waals surface area contributed by atoms with Crippen molar-refractivity contribution in [2.75, 3.05) is 18.5 Å². The summed E-state index contributed by atoms with van der Waals surface area (Å²) >= 11 is 0. The molecule has 7 nitrogen and oxygen atoms in total. The lowest BCUT2D eigenvalue weighted by atomic mass is 10.0. The highest BCUT2D eigenvalue weighted by Gasteiger charge is 2.31. The summed E-state index contributed by atoms with van der Waals surface area (Å²) in [5.74, 6) is 1.04. The van der Waals surface area contributed by atoms with Crippen molar-refractivity contribution in [1.82, 2.24) is 20.2 Å². The first-order valence-electron chi connectivity index (χ1n) is 6.43. The van der Waals surface area contributed by atoms with Gasteiger partial charge < -0.3 is 10.1 Å². The van der Waals surface area contributed by atoms with E-state index in [1.165, 1.54) is 6.33 Å². The molecule has 2 atom stereocenters. The van der Waals surface area contributed by atoms with Crippen molar-refractivity contribution in [2.24, 2.45) is 5.92 Å². The monoisotopic (exact) mass is 270 g/mol. The minimum atomic E-state index is -0.0767. The molecule has 2 N–H and O–H groups in total. The number of nitriles is 1. The van der Waals surface area contributed by atoms with E-state index in [-0.39, 0.29) is 12.0 Å². The van der Waals surface area contributed by atoms with E-state index >= 15 is 0 Å². The molecule has 3 heterocycles. The molecule has 2 aromatic rings. The van der Waals surface area contributed by atoms with Gasteiger partial charge in [0, 0.05) is 25.3 Å². The molecule has 7 heteroatoms. The largest absolute Gasteiger partial charge is 0.382 e. The van der Waals surface area contributed by atoms with E-state index in [4.69, 9.17) is 10.00 Å². The lowest BCUT2D eigenvalue weighted by Crippen LogP contribution is -2.19. The van der Waals surface area contributed by atoms with Crippen LogP contribution < -0.4 is 5.32 Å². The van der Waals surface area contributed by atoms with E-state index in [2.05, 4.69) is 31.6 Å². The highest BCUT2D eigenvalue weighted by Crippen LogP contribution is 2.32. The number of nitrogens with zero attached hydrogens (tertiary/aromatic N) is 4. The summed E-state index contributed by atoms with van der Waals surface area (Å²) in [6, 6.07) is 3.84. The molecular weight excluding hydrogens is 256 g/mol. The molecule has 0 aliphatic carbocycles. The Hall–Kier alpha value is -2.46. The summed E-state index contributed by atoms with van der Waals surface area (Å²) in [4.78, 5) is 8.19. The molecule has 0 amide bonds. The Kier molecular flexibility index (Phi) is 3.56. The third-order valence-corrected chi connectivity index (χ3v) is 3.41. The molecule has 0 saturated carbocycles. The van der Waals surface area contributed by atoms with Crippen LogP contribution in [0.2, 0.25) is 0 Å². The van der Waals surface area contributed by atoms with E-state index in [9.17, 15) is 0 Å². The van der Waals surface area contributed by atoms with Crippen LogP contribution in [0.25, 0.3) is 0 Å². The normalized spacial score (nSPS) is 21.6. The Morgan fingerprint density at radius 1 is 1.55 bits per heavy atom. The summed E-state index contributed by atoms with van der Waals surface area (Å²) in [6.45, 7) is 1.40. The molecule has 0 radical (unpaired) electrons. The van der Waals surface area contributed by atoms with E-state index < -0.39 is 0 Å². The van der Waals surface area contributed by atoms with Crippen LogP contribution in [-0.4, -0.2) is 33.3 Å². The van der Waals surface area contributed by atoms with Gasteiger partial charge in [0.2, 0.25) is 0 Å². The topological polar surface area (TPSA) is 99.5 Å². The average molecular weight is 270 g/mol. The molecule has 0 spiro atoms. The number of nitrogens with one attached hydrogen (secondary N) is 2. The SMILES string of the molecule is N#Cc1ccncc1NC[C@@H]1CCO[C@@H]1c1ncn[nH]1. The third-order valence-electron chi connectivity index (χ3n) is 3.41. The number of ether oxygens (including phenoxy) is 1.